The standard InChI is InChI=1S/C19H42N10/c1-2-3-12-24-17-25-18(28(13-4-8-20)14-5-9-21)27-19(26-17)29(15-6-10-22)16-7-11-23/h2-16,20-23H2,1H3,(H,24,25,26,27). The zero-order chi connectivity index (χ0) is 21.3. The molecule has 0 spiro atoms. The Bertz CT molecular complexity index is 473. The Kier molecular flexibility index (Phi) is 14.0. The molecule has 1 heterocycles. The average molecular weight is 411 g/mol. The second kappa shape index (κ2) is 16.1. The van der Waals surface area contributed by atoms with Gasteiger partial charge in [0.05, 0.1) is 0 Å². The van der Waals surface area contributed by atoms with Crippen LogP contribution in [0.4, 0.5) is 17.8 Å². The van der Waals surface area contributed by atoms with Crippen LogP contribution in [0.5, 0.6) is 0 Å². The van der Waals surface area contributed by atoms with E-state index in [-0.39, 0.29) is 0 Å². The van der Waals surface area contributed by atoms with Gasteiger partial charge in [-0.25, -0.2) is 0 Å². The first-order valence-electron chi connectivity index (χ1n) is 11.0. The Morgan fingerprint density at radius 1 is 0.655 bits per heavy atom. The molecule has 1 aromatic heterocycles. The van der Waals surface area contributed by atoms with Crippen molar-refractivity contribution in [1.29, 1.82) is 0 Å². The maximum atomic E-state index is 5.73. The molecule has 29 heavy (non-hydrogen) atoms. The highest BCUT2D eigenvalue weighted by Crippen LogP contribution is 2.18. The molecular weight excluding hydrogens is 368 g/mol. The molecule has 10 nitrogen and oxygen atoms in total. The Morgan fingerprint density at radius 3 is 1.41 bits per heavy atom. The second-order valence-electron chi connectivity index (χ2n) is 7.08. The molecule has 0 radical (unpaired) electrons. The number of nitrogens with one attached hydrogen (secondary N) is 1. The van der Waals surface area contributed by atoms with Gasteiger partial charge in [-0.2, -0.15) is 15.0 Å². The maximum Gasteiger partial charge on any atom is 0.231 e. The van der Waals surface area contributed by atoms with Gasteiger partial charge in [-0.15, -0.1) is 0 Å². The topological polar surface area (TPSA) is 161 Å². The second-order valence-corrected chi connectivity index (χ2v) is 7.08. The molecule has 0 saturated carbocycles. The predicted octanol–water partition coefficient (Wildman–Crippen LogP) is 0.0916. The lowest BCUT2D eigenvalue weighted by Gasteiger charge is -2.26. The summed E-state index contributed by atoms with van der Waals surface area (Å²) in [5.74, 6) is 1.94. The lowest BCUT2D eigenvalue weighted by atomic mass is 10.3. The zero-order valence-electron chi connectivity index (χ0n) is 18.2. The van der Waals surface area contributed by atoms with Gasteiger partial charge in [-0.3, -0.25) is 0 Å². The van der Waals surface area contributed by atoms with Crippen LogP contribution in [0.15, 0.2) is 0 Å². The average Bonchev–Trinajstić information content (AvgIpc) is 2.74. The van der Waals surface area contributed by atoms with Gasteiger partial charge in [0, 0.05) is 32.7 Å². The Labute approximate surface area is 175 Å². The van der Waals surface area contributed by atoms with Gasteiger partial charge in [0.2, 0.25) is 17.8 Å². The fourth-order valence-electron chi connectivity index (χ4n) is 2.84. The SMILES string of the molecule is CCCCNc1nc(N(CCCN)CCCN)nc(N(CCCN)CCCN)n1. The number of rotatable bonds is 18. The van der Waals surface area contributed by atoms with Crippen molar-refractivity contribution in [3.8, 4) is 0 Å². The molecule has 0 saturated heterocycles. The number of nitrogens with zero attached hydrogens (tertiary/aromatic N) is 5. The fraction of sp³-hybridized carbons (Fsp3) is 0.842. The molecule has 10 heteroatoms. The van der Waals surface area contributed by atoms with E-state index in [1.807, 2.05) is 0 Å². The van der Waals surface area contributed by atoms with E-state index in [0.717, 1.165) is 71.2 Å². The van der Waals surface area contributed by atoms with Gasteiger partial charge in [0.15, 0.2) is 0 Å². The lowest BCUT2D eigenvalue weighted by molar-refractivity contribution is 0.664. The Balaban J connectivity index is 3.18. The summed E-state index contributed by atoms with van der Waals surface area (Å²) in [6.45, 7) is 8.65. The van der Waals surface area contributed by atoms with Crippen LogP contribution in [0.2, 0.25) is 0 Å². The van der Waals surface area contributed by atoms with Crippen molar-refractivity contribution < 1.29 is 0 Å². The molecule has 0 aromatic carbocycles. The van der Waals surface area contributed by atoms with Crippen molar-refractivity contribution in [3.05, 3.63) is 0 Å². The van der Waals surface area contributed by atoms with E-state index in [4.69, 9.17) is 27.9 Å². The van der Waals surface area contributed by atoms with E-state index in [0.29, 0.717) is 44.0 Å². The number of nitrogens with two attached hydrogens (primary N) is 4. The monoisotopic (exact) mass is 410 g/mol. The number of unbranched alkanes of at least 4 members (excludes halogenated alkanes) is 1. The van der Waals surface area contributed by atoms with Crippen LogP contribution in [0.25, 0.3) is 0 Å². The molecule has 0 amide bonds. The number of hydrogen-bond acceptors (Lipinski definition) is 10. The maximum absolute atomic E-state index is 5.73. The molecule has 9 N–H and O–H groups in total. The lowest BCUT2D eigenvalue weighted by Crippen LogP contribution is -2.34. The van der Waals surface area contributed by atoms with Crippen molar-refractivity contribution >= 4 is 17.8 Å². The van der Waals surface area contributed by atoms with Crippen LogP contribution >= 0.6 is 0 Å². The third-order valence-electron chi connectivity index (χ3n) is 4.52. The molecule has 0 bridgehead atoms. The summed E-state index contributed by atoms with van der Waals surface area (Å²) in [5.41, 5.74) is 22.9. The minimum Gasteiger partial charge on any atom is -0.354 e. The van der Waals surface area contributed by atoms with Crippen LogP contribution in [-0.4, -0.2) is 73.9 Å². The van der Waals surface area contributed by atoms with E-state index < -0.39 is 0 Å². The highest BCUT2D eigenvalue weighted by atomic mass is 15.4. The predicted molar refractivity (Wildman–Crippen MR) is 122 cm³/mol. The van der Waals surface area contributed by atoms with Gasteiger partial charge < -0.3 is 38.1 Å². The molecule has 1 rings (SSSR count). The number of aromatic nitrogens is 3. The number of anilines is 3. The van der Waals surface area contributed by atoms with Crippen LogP contribution in [0.1, 0.15) is 45.4 Å². The summed E-state index contributed by atoms with van der Waals surface area (Å²) in [4.78, 5) is 18.5. The van der Waals surface area contributed by atoms with Gasteiger partial charge in [-0.05, 0) is 58.3 Å². The first-order chi connectivity index (χ1) is 14.2. The summed E-state index contributed by atoms with van der Waals surface area (Å²) in [6, 6.07) is 0. The van der Waals surface area contributed by atoms with E-state index in [9.17, 15) is 0 Å². The molecule has 0 atom stereocenters. The van der Waals surface area contributed by atoms with E-state index in [1.165, 1.54) is 0 Å². The van der Waals surface area contributed by atoms with Gasteiger partial charge in [-0.1, -0.05) is 13.3 Å². The van der Waals surface area contributed by atoms with E-state index in [2.05, 4.69) is 32.0 Å². The smallest absolute Gasteiger partial charge is 0.231 e. The van der Waals surface area contributed by atoms with Crippen LogP contribution in [0.3, 0.4) is 0 Å². The first-order valence-corrected chi connectivity index (χ1v) is 11.0. The van der Waals surface area contributed by atoms with Crippen molar-refractivity contribution in [3.63, 3.8) is 0 Å². The van der Waals surface area contributed by atoms with Gasteiger partial charge >= 0.3 is 0 Å². The molecule has 0 aliphatic heterocycles. The third-order valence-corrected chi connectivity index (χ3v) is 4.52. The summed E-state index contributed by atoms with van der Waals surface area (Å²) in [5, 5.41) is 3.35. The quantitative estimate of drug-likeness (QED) is 0.210. The van der Waals surface area contributed by atoms with E-state index in [1.54, 1.807) is 0 Å². The molecule has 1 aromatic rings. The molecule has 0 unspecified atom stereocenters. The summed E-state index contributed by atoms with van der Waals surface area (Å²) < 4.78 is 0. The Morgan fingerprint density at radius 2 is 1.07 bits per heavy atom. The van der Waals surface area contributed by atoms with Crippen molar-refractivity contribution in [2.24, 2.45) is 22.9 Å². The molecule has 0 aliphatic carbocycles. The third kappa shape index (κ3) is 10.0. The molecular formula is C19H42N10. The first kappa shape index (κ1) is 25.3. The molecule has 0 aliphatic rings. The largest absolute Gasteiger partial charge is 0.354 e. The highest BCUT2D eigenvalue weighted by Gasteiger charge is 2.17. The van der Waals surface area contributed by atoms with Gasteiger partial charge in [0.25, 0.3) is 0 Å². The van der Waals surface area contributed by atoms with Crippen molar-refractivity contribution in [1.82, 2.24) is 15.0 Å². The minimum absolute atomic E-state index is 0.606. The normalized spacial score (nSPS) is 10.9. The summed E-state index contributed by atoms with van der Waals surface area (Å²) >= 11 is 0. The highest BCUT2D eigenvalue weighted by molar-refractivity contribution is 5.45. The molecule has 0 fully saturated rings. The van der Waals surface area contributed by atoms with Crippen molar-refractivity contribution in [2.75, 3.05) is 74.0 Å². The molecule has 168 valence electrons. The van der Waals surface area contributed by atoms with Crippen LogP contribution < -0.4 is 38.1 Å². The van der Waals surface area contributed by atoms with Gasteiger partial charge in [0.1, 0.15) is 0 Å². The summed E-state index contributed by atoms with van der Waals surface area (Å²) in [7, 11) is 0. The minimum atomic E-state index is 0.606. The zero-order valence-corrected chi connectivity index (χ0v) is 18.2. The number of hydrogen-bond donors (Lipinski definition) is 5. The Hall–Kier alpha value is -1.75. The van der Waals surface area contributed by atoms with Crippen LogP contribution in [-0.2, 0) is 0 Å². The van der Waals surface area contributed by atoms with Crippen molar-refractivity contribution in [2.45, 2.75) is 45.4 Å². The summed E-state index contributed by atoms with van der Waals surface area (Å²) in [6.07, 6.45) is 5.64. The van der Waals surface area contributed by atoms with Crippen LogP contribution in [0, 0.1) is 0 Å². The fourth-order valence-corrected chi connectivity index (χ4v) is 2.84. The van der Waals surface area contributed by atoms with E-state index >= 15 is 0 Å².